The predicted octanol–water partition coefficient (Wildman–Crippen LogP) is 3.76. The summed E-state index contributed by atoms with van der Waals surface area (Å²) in [5.41, 5.74) is 1.18. The summed E-state index contributed by atoms with van der Waals surface area (Å²) in [6, 6.07) is 9.89. The second-order valence-corrected chi connectivity index (χ2v) is 5.39. The van der Waals surface area contributed by atoms with Crippen LogP contribution in [-0.2, 0) is 18.6 Å². The van der Waals surface area contributed by atoms with Gasteiger partial charge in [0.15, 0.2) is 0 Å². The molecule has 0 N–H and O–H groups in total. The van der Waals surface area contributed by atoms with Crippen molar-refractivity contribution in [3.63, 3.8) is 0 Å². The van der Waals surface area contributed by atoms with Crippen LogP contribution in [0.5, 0.6) is 5.75 Å². The Kier molecular flexibility index (Phi) is 5.08. The Labute approximate surface area is 117 Å². The van der Waals surface area contributed by atoms with Crippen molar-refractivity contribution in [3.05, 3.63) is 45.9 Å². The minimum absolute atomic E-state index is 0.673. The van der Waals surface area contributed by atoms with Crippen molar-refractivity contribution >= 4 is 24.0 Å². The molecular weight excluding hydrogens is 262 g/mol. The molecule has 18 heavy (non-hydrogen) atoms. The van der Waals surface area contributed by atoms with Crippen LogP contribution in [0.1, 0.15) is 22.5 Å². The van der Waals surface area contributed by atoms with Crippen LogP contribution in [-0.4, -0.2) is 11.6 Å². The van der Waals surface area contributed by atoms with Crippen molar-refractivity contribution in [1.29, 1.82) is 0 Å². The number of thiazole rings is 1. The molecule has 0 bridgehead atoms. The number of para-hydroxylation sites is 1. The second kappa shape index (κ2) is 6.81. The van der Waals surface area contributed by atoms with Crippen LogP contribution in [0.15, 0.2) is 30.3 Å². The first-order chi connectivity index (χ1) is 8.83. The molecule has 4 heteroatoms. The number of rotatable bonds is 6. The van der Waals surface area contributed by atoms with Crippen LogP contribution in [0.25, 0.3) is 0 Å². The Hall–Kier alpha value is -1.00. The zero-order valence-corrected chi connectivity index (χ0v) is 12.1. The molecule has 2 nitrogen and oxygen atoms in total. The lowest BCUT2D eigenvalue weighted by Crippen LogP contribution is -2.00. The summed E-state index contributed by atoms with van der Waals surface area (Å²) >= 11 is 6.09. The van der Waals surface area contributed by atoms with E-state index in [-0.39, 0.29) is 0 Å². The fourth-order valence-corrected chi connectivity index (χ4v) is 3.09. The summed E-state index contributed by atoms with van der Waals surface area (Å²) in [5.74, 6) is 1.69. The fraction of sp³-hybridized carbons (Fsp3) is 0.357. The van der Waals surface area contributed by atoms with Crippen LogP contribution >= 0.6 is 24.0 Å². The molecule has 0 aliphatic carbocycles. The van der Waals surface area contributed by atoms with E-state index < -0.39 is 0 Å². The molecule has 0 spiro atoms. The third-order valence-electron chi connectivity index (χ3n) is 2.63. The molecular formula is C14H17NOS2. The molecule has 2 aromatic rings. The lowest BCUT2D eigenvalue weighted by atomic mass is 10.3. The Balaban J connectivity index is 1.88. The Morgan fingerprint density at radius 3 is 2.67 bits per heavy atom. The molecule has 0 atom stereocenters. The minimum Gasteiger partial charge on any atom is -0.493 e. The molecule has 1 aromatic heterocycles. The summed E-state index contributed by atoms with van der Waals surface area (Å²) in [5, 5.41) is 1.15. The van der Waals surface area contributed by atoms with Gasteiger partial charge in [-0.2, -0.15) is 12.6 Å². The van der Waals surface area contributed by atoms with Crippen molar-refractivity contribution in [3.8, 4) is 5.75 Å². The van der Waals surface area contributed by atoms with Crippen LogP contribution in [0.3, 0.4) is 0 Å². The summed E-state index contributed by atoms with van der Waals surface area (Å²) in [7, 11) is 0. The number of hydrogen-bond acceptors (Lipinski definition) is 4. The number of nitrogens with zero attached hydrogens (tertiary/aromatic N) is 1. The Bertz CT molecular complexity index is 460. The van der Waals surface area contributed by atoms with E-state index in [1.165, 1.54) is 10.6 Å². The van der Waals surface area contributed by atoms with Crippen LogP contribution in [0.4, 0.5) is 0 Å². The van der Waals surface area contributed by atoms with Crippen LogP contribution in [0.2, 0.25) is 0 Å². The van der Waals surface area contributed by atoms with Gasteiger partial charge >= 0.3 is 0 Å². The zero-order valence-electron chi connectivity index (χ0n) is 10.4. The third kappa shape index (κ3) is 3.50. The van der Waals surface area contributed by atoms with Gasteiger partial charge in [0.05, 0.1) is 17.3 Å². The highest BCUT2D eigenvalue weighted by molar-refractivity contribution is 7.79. The number of aryl methyl sites for hydroxylation is 1. The van der Waals surface area contributed by atoms with Gasteiger partial charge in [0.25, 0.3) is 0 Å². The van der Waals surface area contributed by atoms with E-state index in [0.717, 1.165) is 29.4 Å². The fourth-order valence-electron chi connectivity index (χ4n) is 1.72. The van der Waals surface area contributed by atoms with Gasteiger partial charge in [0, 0.05) is 17.1 Å². The van der Waals surface area contributed by atoms with E-state index in [1.54, 1.807) is 11.3 Å². The average Bonchev–Trinajstić information content (AvgIpc) is 2.82. The van der Waals surface area contributed by atoms with E-state index in [4.69, 9.17) is 4.74 Å². The largest absolute Gasteiger partial charge is 0.493 e. The van der Waals surface area contributed by atoms with Gasteiger partial charge in [0.2, 0.25) is 0 Å². The maximum Gasteiger partial charge on any atom is 0.119 e. The summed E-state index contributed by atoms with van der Waals surface area (Å²) in [6.07, 6.45) is 1.84. The molecule has 0 saturated carbocycles. The van der Waals surface area contributed by atoms with E-state index in [2.05, 4.69) is 24.5 Å². The van der Waals surface area contributed by atoms with Crippen molar-refractivity contribution in [1.82, 2.24) is 4.98 Å². The first kappa shape index (κ1) is 13.4. The molecule has 0 aliphatic rings. The molecule has 0 amide bonds. The average molecular weight is 279 g/mol. The van der Waals surface area contributed by atoms with Crippen molar-refractivity contribution in [2.75, 3.05) is 6.61 Å². The lowest BCUT2D eigenvalue weighted by molar-refractivity contribution is 0.321. The van der Waals surface area contributed by atoms with E-state index in [0.29, 0.717) is 6.61 Å². The number of hydrogen-bond donors (Lipinski definition) is 1. The lowest BCUT2D eigenvalue weighted by Gasteiger charge is -2.03. The van der Waals surface area contributed by atoms with Gasteiger partial charge in [-0.25, -0.2) is 4.98 Å². The molecule has 0 saturated heterocycles. The molecule has 0 unspecified atom stereocenters. The number of aromatic nitrogens is 1. The summed E-state index contributed by atoms with van der Waals surface area (Å²) in [4.78, 5) is 5.91. The first-order valence-corrected chi connectivity index (χ1v) is 7.54. The predicted molar refractivity (Wildman–Crippen MR) is 79.8 cm³/mol. The quantitative estimate of drug-likeness (QED) is 0.813. The first-order valence-electron chi connectivity index (χ1n) is 6.09. The number of benzene rings is 1. The van der Waals surface area contributed by atoms with Gasteiger partial charge in [-0.15, -0.1) is 11.3 Å². The monoisotopic (exact) mass is 279 g/mol. The van der Waals surface area contributed by atoms with E-state index >= 15 is 0 Å². The Morgan fingerprint density at radius 1 is 1.28 bits per heavy atom. The Morgan fingerprint density at radius 2 is 2.06 bits per heavy atom. The maximum absolute atomic E-state index is 5.67. The van der Waals surface area contributed by atoms with E-state index in [1.807, 2.05) is 30.3 Å². The van der Waals surface area contributed by atoms with Gasteiger partial charge < -0.3 is 4.74 Å². The normalized spacial score (nSPS) is 10.6. The standard InChI is InChI=1S/C14H17NOS2/c1-2-12-13(10-17)18-14(15-12)8-9-16-11-6-4-3-5-7-11/h3-7,17H,2,8-10H2,1H3. The second-order valence-electron chi connectivity index (χ2n) is 3.90. The number of ether oxygens (including phenoxy) is 1. The SMILES string of the molecule is CCc1nc(CCOc2ccccc2)sc1CS. The molecule has 1 aromatic carbocycles. The number of thiol groups is 1. The smallest absolute Gasteiger partial charge is 0.119 e. The third-order valence-corrected chi connectivity index (χ3v) is 4.32. The van der Waals surface area contributed by atoms with Gasteiger partial charge in [-0.1, -0.05) is 25.1 Å². The van der Waals surface area contributed by atoms with Crippen molar-refractivity contribution < 1.29 is 4.74 Å². The highest BCUT2D eigenvalue weighted by Crippen LogP contribution is 2.21. The molecule has 96 valence electrons. The van der Waals surface area contributed by atoms with Crippen LogP contribution in [0, 0.1) is 0 Å². The van der Waals surface area contributed by atoms with E-state index in [9.17, 15) is 0 Å². The highest BCUT2D eigenvalue weighted by atomic mass is 32.1. The maximum atomic E-state index is 5.67. The topological polar surface area (TPSA) is 22.1 Å². The molecule has 0 aliphatic heterocycles. The van der Waals surface area contributed by atoms with Crippen molar-refractivity contribution in [2.24, 2.45) is 0 Å². The molecule has 1 heterocycles. The minimum atomic E-state index is 0.673. The van der Waals surface area contributed by atoms with Crippen molar-refractivity contribution in [2.45, 2.75) is 25.5 Å². The molecule has 0 fully saturated rings. The zero-order chi connectivity index (χ0) is 12.8. The van der Waals surface area contributed by atoms with Gasteiger partial charge in [-0.3, -0.25) is 0 Å². The van der Waals surface area contributed by atoms with Gasteiger partial charge in [-0.05, 0) is 18.6 Å². The van der Waals surface area contributed by atoms with Crippen LogP contribution < -0.4 is 4.74 Å². The molecule has 2 rings (SSSR count). The summed E-state index contributed by atoms with van der Waals surface area (Å²) in [6.45, 7) is 2.80. The van der Waals surface area contributed by atoms with Gasteiger partial charge in [0.1, 0.15) is 5.75 Å². The molecule has 0 radical (unpaired) electrons. The highest BCUT2D eigenvalue weighted by Gasteiger charge is 2.08. The summed E-state index contributed by atoms with van der Waals surface area (Å²) < 4.78 is 5.67.